The highest BCUT2D eigenvalue weighted by molar-refractivity contribution is 5.50. The lowest BCUT2D eigenvalue weighted by Gasteiger charge is -2.17. The third-order valence-electron chi connectivity index (χ3n) is 3.87. The van der Waals surface area contributed by atoms with Crippen LogP contribution in [0.3, 0.4) is 0 Å². The third-order valence-corrected chi connectivity index (χ3v) is 3.87. The zero-order valence-corrected chi connectivity index (χ0v) is 11.8. The van der Waals surface area contributed by atoms with E-state index in [1.807, 2.05) is 31.2 Å². The third kappa shape index (κ3) is 2.14. The molecule has 0 saturated heterocycles. The number of methoxy groups -OCH3 is 1. The predicted octanol–water partition coefficient (Wildman–Crippen LogP) is 2.99. The Labute approximate surface area is 119 Å². The van der Waals surface area contributed by atoms with Crippen LogP contribution in [-0.2, 0) is 6.42 Å². The van der Waals surface area contributed by atoms with E-state index in [1.54, 1.807) is 7.11 Å². The van der Waals surface area contributed by atoms with Crippen LogP contribution in [0, 0.1) is 6.92 Å². The van der Waals surface area contributed by atoms with Gasteiger partial charge in [-0.3, -0.25) is 0 Å². The van der Waals surface area contributed by atoms with Gasteiger partial charge in [-0.15, -0.1) is 0 Å². The molecule has 0 fully saturated rings. The molecule has 1 atom stereocenters. The summed E-state index contributed by atoms with van der Waals surface area (Å²) in [5, 5.41) is 0. The quantitative estimate of drug-likeness (QED) is 0.931. The summed E-state index contributed by atoms with van der Waals surface area (Å²) in [6, 6.07) is 12.1. The van der Waals surface area contributed by atoms with E-state index in [0.29, 0.717) is 0 Å². The molecule has 3 rings (SSSR count). The molecular weight excluding hydrogens is 250 g/mol. The van der Waals surface area contributed by atoms with Gasteiger partial charge >= 0.3 is 0 Å². The van der Waals surface area contributed by atoms with E-state index < -0.39 is 0 Å². The summed E-state index contributed by atoms with van der Waals surface area (Å²) in [5.41, 5.74) is 10.9. The number of hydrogen-bond acceptors (Lipinski definition) is 3. The first kappa shape index (κ1) is 13.0. The summed E-state index contributed by atoms with van der Waals surface area (Å²) in [5.74, 6) is 1.82. The summed E-state index contributed by atoms with van der Waals surface area (Å²) in [6.45, 7) is 2.77. The van der Waals surface area contributed by atoms with Crippen LogP contribution in [0.5, 0.6) is 11.5 Å². The summed E-state index contributed by atoms with van der Waals surface area (Å²) < 4.78 is 11.1. The second-order valence-corrected chi connectivity index (χ2v) is 5.14. The van der Waals surface area contributed by atoms with E-state index in [0.717, 1.165) is 41.2 Å². The molecule has 1 aliphatic rings. The number of para-hydroxylation sites is 1. The van der Waals surface area contributed by atoms with Crippen molar-refractivity contribution in [1.82, 2.24) is 0 Å². The molecule has 20 heavy (non-hydrogen) atoms. The molecule has 0 amide bonds. The molecular formula is C17H19NO2. The van der Waals surface area contributed by atoms with Crippen molar-refractivity contribution in [1.29, 1.82) is 0 Å². The molecule has 1 aliphatic heterocycles. The molecule has 1 heterocycles. The van der Waals surface area contributed by atoms with Crippen molar-refractivity contribution in [2.24, 2.45) is 5.73 Å². The molecule has 0 radical (unpaired) electrons. The van der Waals surface area contributed by atoms with Crippen molar-refractivity contribution in [3.05, 3.63) is 58.7 Å². The molecule has 3 nitrogen and oxygen atoms in total. The molecule has 104 valence electrons. The fourth-order valence-corrected chi connectivity index (χ4v) is 2.70. The Bertz CT molecular complexity index is 637. The van der Waals surface area contributed by atoms with Crippen LogP contribution in [-0.4, -0.2) is 13.7 Å². The van der Waals surface area contributed by atoms with Crippen LogP contribution in [0.4, 0.5) is 0 Å². The number of fused-ring (bicyclic) bond motifs is 1. The van der Waals surface area contributed by atoms with Crippen LogP contribution in [0.1, 0.15) is 28.3 Å². The Hall–Kier alpha value is -2.00. The van der Waals surface area contributed by atoms with Gasteiger partial charge in [0.25, 0.3) is 0 Å². The van der Waals surface area contributed by atoms with Gasteiger partial charge in [0.1, 0.15) is 11.5 Å². The van der Waals surface area contributed by atoms with Crippen molar-refractivity contribution in [2.45, 2.75) is 19.4 Å². The lowest BCUT2D eigenvalue weighted by Crippen LogP contribution is -2.13. The van der Waals surface area contributed by atoms with Gasteiger partial charge in [0, 0.05) is 12.0 Å². The largest absolute Gasteiger partial charge is 0.496 e. The molecule has 0 spiro atoms. The van der Waals surface area contributed by atoms with Gasteiger partial charge in [0.05, 0.1) is 19.8 Å². The lowest BCUT2D eigenvalue weighted by molar-refractivity contribution is 0.352. The molecule has 2 aromatic rings. The van der Waals surface area contributed by atoms with Crippen molar-refractivity contribution >= 4 is 0 Å². The van der Waals surface area contributed by atoms with Gasteiger partial charge in [0.15, 0.2) is 0 Å². The molecule has 0 saturated carbocycles. The van der Waals surface area contributed by atoms with E-state index in [9.17, 15) is 0 Å². The minimum atomic E-state index is -0.197. The summed E-state index contributed by atoms with van der Waals surface area (Å²) >= 11 is 0. The Morgan fingerprint density at radius 3 is 2.90 bits per heavy atom. The van der Waals surface area contributed by atoms with Gasteiger partial charge in [-0.1, -0.05) is 30.3 Å². The molecule has 3 heteroatoms. The second kappa shape index (κ2) is 5.17. The smallest absolute Gasteiger partial charge is 0.127 e. The highest BCUT2D eigenvalue weighted by Crippen LogP contribution is 2.36. The average Bonchev–Trinajstić information content (AvgIpc) is 2.95. The maximum atomic E-state index is 6.43. The summed E-state index contributed by atoms with van der Waals surface area (Å²) in [7, 11) is 1.68. The average molecular weight is 269 g/mol. The molecule has 0 aromatic heterocycles. The van der Waals surface area contributed by atoms with Gasteiger partial charge < -0.3 is 15.2 Å². The van der Waals surface area contributed by atoms with E-state index in [-0.39, 0.29) is 6.04 Å². The topological polar surface area (TPSA) is 44.5 Å². The normalized spacial score (nSPS) is 14.6. The van der Waals surface area contributed by atoms with E-state index >= 15 is 0 Å². The standard InChI is InChI=1S/C17H19NO2/c1-11-6-7-13(10-15(11)19-2)16(18)14-5-3-4-12-8-9-20-17(12)14/h3-7,10,16H,8-9,18H2,1-2H3. The van der Waals surface area contributed by atoms with Crippen molar-refractivity contribution in [2.75, 3.05) is 13.7 Å². The van der Waals surface area contributed by atoms with E-state index in [4.69, 9.17) is 15.2 Å². The van der Waals surface area contributed by atoms with Gasteiger partial charge in [-0.2, -0.15) is 0 Å². The number of hydrogen-bond donors (Lipinski definition) is 1. The van der Waals surface area contributed by atoms with Crippen LogP contribution in [0.2, 0.25) is 0 Å². The molecule has 1 unspecified atom stereocenters. The van der Waals surface area contributed by atoms with Gasteiger partial charge in [-0.25, -0.2) is 0 Å². The minimum absolute atomic E-state index is 0.197. The molecule has 0 bridgehead atoms. The predicted molar refractivity (Wildman–Crippen MR) is 79.4 cm³/mol. The van der Waals surface area contributed by atoms with Crippen LogP contribution in [0.15, 0.2) is 36.4 Å². The summed E-state index contributed by atoms with van der Waals surface area (Å²) in [6.07, 6.45) is 0.965. The Kier molecular flexibility index (Phi) is 3.36. The van der Waals surface area contributed by atoms with E-state index in [2.05, 4.69) is 12.1 Å². The van der Waals surface area contributed by atoms with Crippen LogP contribution < -0.4 is 15.2 Å². The van der Waals surface area contributed by atoms with Crippen molar-refractivity contribution in [3.63, 3.8) is 0 Å². The summed E-state index contributed by atoms with van der Waals surface area (Å²) in [4.78, 5) is 0. The number of ether oxygens (including phenoxy) is 2. The van der Waals surface area contributed by atoms with Gasteiger partial charge in [-0.05, 0) is 29.7 Å². The number of benzene rings is 2. The maximum absolute atomic E-state index is 6.43. The Balaban J connectivity index is 2.01. The first-order chi connectivity index (χ1) is 9.70. The minimum Gasteiger partial charge on any atom is -0.496 e. The fraction of sp³-hybridized carbons (Fsp3) is 0.294. The highest BCUT2D eigenvalue weighted by Gasteiger charge is 2.21. The zero-order valence-electron chi connectivity index (χ0n) is 11.8. The van der Waals surface area contributed by atoms with Crippen LogP contribution >= 0.6 is 0 Å². The first-order valence-corrected chi connectivity index (χ1v) is 6.85. The molecule has 2 aromatic carbocycles. The lowest BCUT2D eigenvalue weighted by atomic mass is 9.95. The monoisotopic (exact) mass is 269 g/mol. The van der Waals surface area contributed by atoms with Crippen molar-refractivity contribution < 1.29 is 9.47 Å². The SMILES string of the molecule is COc1cc(C(N)c2cccc3c2OCC3)ccc1C. The molecule has 0 aliphatic carbocycles. The second-order valence-electron chi connectivity index (χ2n) is 5.14. The van der Waals surface area contributed by atoms with Gasteiger partial charge in [0.2, 0.25) is 0 Å². The Morgan fingerprint density at radius 1 is 1.25 bits per heavy atom. The zero-order chi connectivity index (χ0) is 14.1. The number of nitrogens with two attached hydrogens (primary N) is 1. The number of rotatable bonds is 3. The highest BCUT2D eigenvalue weighted by atomic mass is 16.5. The first-order valence-electron chi connectivity index (χ1n) is 6.85. The Morgan fingerprint density at radius 2 is 2.10 bits per heavy atom. The van der Waals surface area contributed by atoms with Crippen LogP contribution in [0.25, 0.3) is 0 Å². The van der Waals surface area contributed by atoms with Crippen molar-refractivity contribution in [3.8, 4) is 11.5 Å². The number of aryl methyl sites for hydroxylation is 1. The van der Waals surface area contributed by atoms with E-state index in [1.165, 1.54) is 5.56 Å². The molecule has 2 N–H and O–H groups in total. The maximum Gasteiger partial charge on any atom is 0.127 e. The fourth-order valence-electron chi connectivity index (χ4n) is 2.70.